The van der Waals surface area contributed by atoms with Crippen LogP contribution in [0.5, 0.6) is 5.75 Å². The van der Waals surface area contributed by atoms with Gasteiger partial charge in [0.1, 0.15) is 5.75 Å². The summed E-state index contributed by atoms with van der Waals surface area (Å²) in [5.74, 6) is 0.545. The fraction of sp³-hybridized carbons (Fsp3) is 0.300. The van der Waals surface area contributed by atoms with Gasteiger partial charge < -0.3 is 14.0 Å². The van der Waals surface area contributed by atoms with E-state index in [0.717, 1.165) is 20.8 Å². The Kier molecular flexibility index (Phi) is 6.98. The van der Waals surface area contributed by atoms with E-state index in [0.29, 0.717) is 31.2 Å². The maximum absolute atomic E-state index is 12.3. The first-order valence-corrected chi connectivity index (χ1v) is 10.5. The first-order chi connectivity index (χ1) is 13.2. The van der Waals surface area contributed by atoms with E-state index in [2.05, 4.69) is 4.99 Å². The molecule has 3 rings (SSSR count). The summed E-state index contributed by atoms with van der Waals surface area (Å²) in [6.45, 7) is 6.41. The molecular formula is C20H22N2O3S2. The second kappa shape index (κ2) is 9.64. The van der Waals surface area contributed by atoms with Gasteiger partial charge in [0, 0.05) is 24.1 Å². The molecule has 2 aromatic heterocycles. The average Bonchev–Trinajstić information content (AvgIpc) is 3.28. The van der Waals surface area contributed by atoms with Crippen LogP contribution in [0.3, 0.4) is 0 Å². The van der Waals surface area contributed by atoms with Gasteiger partial charge in [0.15, 0.2) is 4.80 Å². The van der Waals surface area contributed by atoms with Gasteiger partial charge in [-0.3, -0.25) is 4.79 Å². The van der Waals surface area contributed by atoms with Crippen molar-refractivity contribution in [3.63, 3.8) is 0 Å². The van der Waals surface area contributed by atoms with E-state index in [-0.39, 0.29) is 5.91 Å². The minimum Gasteiger partial charge on any atom is -0.494 e. The van der Waals surface area contributed by atoms with E-state index >= 15 is 0 Å². The predicted octanol–water partition coefficient (Wildman–Crippen LogP) is 4.34. The molecule has 0 fully saturated rings. The molecule has 0 unspecified atom stereocenters. The molecule has 0 radical (unpaired) electrons. The van der Waals surface area contributed by atoms with Gasteiger partial charge in [0.25, 0.3) is 5.91 Å². The second-order valence-electron chi connectivity index (χ2n) is 5.59. The molecule has 0 saturated heterocycles. The standard InChI is InChI=1S/C20H22N2O3S2/c1-3-24-12-11-22-17-9-7-15(25-4-2)14-18(17)27-20(22)21-19(23)10-8-16-6-5-13-26-16/h5-10,13-14H,3-4,11-12H2,1-2H3/b10-8+,21-20?. The number of rotatable bonds is 8. The molecule has 7 heteroatoms. The number of thiophene rings is 1. The molecule has 0 aliphatic carbocycles. The summed E-state index contributed by atoms with van der Waals surface area (Å²) < 4.78 is 14.1. The Morgan fingerprint density at radius 2 is 2.15 bits per heavy atom. The second-order valence-corrected chi connectivity index (χ2v) is 7.58. The van der Waals surface area contributed by atoms with Gasteiger partial charge in [0.05, 0.1) is 23.4 Å². The third-order valence-electron chi connectivity index (χ3n) is 3.77. The van der Waals surface area contributed by atoms with Crippen LogP contribution in [0.15, 0.2) is 46.8 Å². The van der Waals surface area contributed by atoms with Gasteiger partial charge in [-0.15, -0.1) is 11.3 Å². The quantitative estimate of drug-likeness (QED) is 0.416. The smallest absolute Gasteiger partial charge is 0.272 e. The lowest BCUT2D eigenvalue weighted by Crippen LogP contribution is -2.19. The van der Waals surface area contributed by atoms with Crippen molar-refractivity contribution in [1.29, 1.82) is 0 Å². The molecule has 0 saturated carbocycles. The Morgan fingerprint density at radius 1 is 1.26 bits per heavy atom. The van der Waals surface area contributed by atoms with E-state index in [9.17, 15) is 4.79 Å². The molecule has 0 bridgehead atoms. The van der Waals surface area contributed by atoms with E-state index in [4.69, 9.17) is 9.47 Å². The van der Waals surface area contributed by atoms with Crippen molar-refractivity contribution in [2.45, 2.75) is 20.4 Å². The van der Waals surface area contributed by atoms with Crippen LogP contribution in [0.4, 0.5) is 0 Å². The van der Waals surface area contributed by atoms with E-state index in [1.807, 2.05) is 54.1 Å². The topological polar surface area (TPSA) is 52.8 Å². The summed E-state index contributed by atoms with van der Waals surface area (Å²) in [5.41, 5.74) is 1.02. The van der Waals surface area contributed by atoms with Crippen molar-refractivity contribution in [2.24, 2.45) is 4.99 Å². The number of amides is 1. The lowest BCUT2D eigenvalue weighted by atomic mass is 10.3. The third kappa shape index (κ3) is 5.15. The predicted molar refractivity (Wildman–Crippen MR) is 111 cm³/mol. The number of fused-ring (bicyclic) bond motifs is 1. The number of hydrogen-bond donors (Lipinski definition) is 0. The van der Waals surface area contributed by atoms with Crippen LogP contribution >= 0.6 is 22.7 Å². The fourth-order valence-electron chi connectivity index (χ4n) is 2.58. The summed E-state index contributed by atoms with van der Waals surface area (Å²) in [6.07, 6.45) is 3.30. The number of aromatic nitrogens is 1. The highest BCUT2D eigenvalue weighted by atomic mass is 32.1. The fourth-order valence-corrected chi connectivity index (χ4v) is 4.29. The van der Waals surface area contributed by atoms with Crippen molar-refractivity contribution in [3.8, 4) is 5.75 Å². The highest BCUT2D eigenvalue weighted by Crippen LogP contribution is 2.23. The lowest BCUT2D eigenvalue weighted by Gasteiger charge is -2.06. The molecule has 0 spiro atoms. The Morgan fingerprint density at radius 3 is 2.89 bits per heavy atom. The third-order valence-corrected chi connectivity index (χ3v) is 5.65. The maximum Gasteiger partial charge on any atom is 0.272 e. The number of hydrogen-bond acceptors (Lipinski definition) is 5. The number of carbonyl (C=O) groups is 1. The van der Waals surface area contributed by atoms with Crippen molar-refractivity contribution in [1.82, 2.24) is 4.57 Å². The molecule has 1 amide bonds. The van der Waals surface area contributed by atoms with Crippen LogP contribution in [0, 0.1) is 0 Å². The van der Waals surface area contributed by atoms with Crippen LogP contribution in [0.25, 0.3) is 16.3 Å². The molecule has 142 valence electrons. The molecule has 2 heterocycles. The van der Waals surface area contributed by atoms with Crippen molar-refractivity contribution < 1.29 is 14.3 Å². The monoisotopic (exact) mass is 402 g/mol. The Labute approximate surface area is 166 Å². The zero-order chi connectivity index (χ0) is 19.1. The maximum atomic E-state index is 12.3. The minimum absolute atomic E-state index is 0.273. The SMILES string of the molecule is CCOCCn1c(=NC(=O)/C=C/c2cccs2)sc2cc(OCC)ccc21. The van der Waals surface area contributed by atoms with Gasteiger partial charge in [-0.2, -0.15) is 4.99 Å². The number of thiazole rings is 1. The van der Waals surface area contributed by atoms with Crippen molar-refractivity contribution >= 4 is 44.9 Å². The van der Waals surface area contributed by atoms with Gasteiger partial charge >= 0.3 is 0 Å². The van der Waals surface area contributed by atoms with E-state index < -0.39 is 0 Å². The highest BCUT2D eigenvalue weighted by molar-refractivity contribution is 7.16. The summed E-state index contributed by atoms with van der Waals surface area (Å²) >= 11 is 3.07. The van der Waals surface area contributed by atoms with E-state index in [1.54, 1.807) is 17.4 Å². The number of benzene rings is 1. The summed E-state index contributed by atoms with van der Waals surface area (Å²) in [6, 6.07) is 9.86. The first-order valence-electron chi connectivity index (χ1n) is 8.85. The molecule has 0 N–H and O–H groups in total. The molecule has 3 aromatic rings. The van der Waals surface area contributed by atoms with Gasteiger partial charge in [-0.05, 0) is 49.6 Å². The Balaban J connectivity index is 1.95. The Hall–Kier alpha value is -2.22. The van der Waals surface area contributed by atoms with Crippen LogP contribution in [-0.4, -0.2) is 30.3 Å². The van der Waals surface area contributed by atoms with Crippen LogP contribution in [-0.2, 0) is 16.1 Å². The lowest BCUT2D eigenvalue weighted by molar-refractivity contribution is -0.113. The summed E-state index contributed by atoms with van der Waals surface area (Å²) in [7, 11) is 0. The molecule has 0 atom stereocenters. The molecule has 1 aromatic carbocycles. The molecular weight excluding hydrogens is 380 g/mol. The first kappa shape index (κ1) is 19.5. The zero-order valence-corrected chi connectivity index (χ0v) is 17.0. The summed E-state index contributed by atoms with van der Waals surface area (Å²) in [4.78, 5) is 18.3. The van der Waals surface area contributed by atoms with Crippen LogP contribution < -0.4 is 9.54 Å². The van der Waals surface area contributed by atoms with Crippen molar-refractivity contribution in [3.05, 3.63) is 51.5 Å². The van der Waals surface area contributed by atoms with Crippen molar-refractivity contribution in [2.75, 3.05) is 19.8 Å². The zero-order valence-electron chi connectivity index (χ0n) is 15.4. The molecule has 27 heavy (non-hydrogen) atoms. The average molecular weight is 403 g/mol. The number of nitrogens with zero attached hydrogens (tertiary/aromatic N) is 2. The normalized spacial score (nSPS) is 12.3. The van der Waals surface area contributed by atoms with Gasteiger partial charge in [0.2, 0.25) is 0 Å². The van der Waals surface area contributed by atoms with E-state index in [1.165, 1.54) is 17.4 Å². The largest absolute Gasteiger partial charge is 0.494 e. The minimum atomic E-state index is -0.273. The van der Waals surface area contributed by atoms with Crippen LogP contribution in [0.2, 0.25) is 0 Å². The summed E-state index contributed by atoms with van der Waals surface area (Å²) in [5, 5.41) is 1.98. The van der Waals surface area contributed by atoms with Gasteiger partial charge in [-0.25, -0.2) is 0 Å². The molecule has 5 nitrogen and oxygen atoms in total. The number of ether oxygens (including phenoxy) is 2. The molecule has 0 aliphatic rings. The Bertz CT molecular complexity index is 984. The highest BCUT2D eigenvalue weighted by Gasteiger charge is 2.09. The molecule has 0 aliphatic heterocycles. The number of carbonyl (C=O) groups excluding carboxylic acids is 1. The van der Waals surface area contributed by atoms with Crippen LogP contribution in [0.1, 0.15) is 18.7 Å². The van der Waals surface area contributed by atoms with Gasteiger partial charge in [-0.1, -0.05) is 17.4 Å².